The fourth-order valence-corrected chi connectivity index (χ4v) is 1.11. The van der Waals surface area contributed by atoms with Gasteiger partial charge in [0.1, 0.15) is 6.10 Å². The van der Waals surface area contributed by atoms with Gasteiger partial charge in [0.2, 0.25) is 5.91 Å². The lowest BCUT2D eigenvalue weighted by atomic mass is 10.1. The number of hydrogen-bond acceptors (Lipinski definition) is 3. The van der Waals surface area contributed by atoms with Crippen LogP contribution in [-0.4, -0.2) is 24.0 Å². The van der Waals surface area contributed by atoms with Crippen molar-refractivity contribution in [1.82, 2.24) is 5.32 Å². The Balaban J connectivity index is 2.46. The molecule has 1 unspecified atom stereocenters. The van der Waals surface area contributed by atoms with E-state index in [0.29, 0.717) is 6.42 Å². The molecule has 0 aromatic rings. The van der Waals surface area contributed by atoms with Crippen molar-refractivity contribution in [3.05, 3.63) is 0 Å². The number of ether oxygens (including phenoxy) is 1. The largest absolute Gasteiger partial charge is 0.460 e. The van der Waals surface area contributed by atoms with Crippen LogP contribution in [0.25, 0.3) is 0 Å². The molecule has 1 amide bonds. The molecule has 0 bridgehead atoms. The molecule has 11 heavy (non-hydrogen) atoms. The van der Waals surface area contributed by atoms with E-state index in [4.69, 9.17) is 4.74 Å². The zero-order valence-corrected chi connectivity index (χ0v) is 6.59. The molecule has 1 aliphatic heterocycles. The van der Waals surface area contributed by atoms with E-state index in [2.05, 4.69) is 5.32 Å². The van der Waals surface area contributed by atoms with Gasteiger partial charge < -0.3 is 10.1 Å². The Labute approximate surface area is 64.9 Å². The van der Waals surface area contributed by atoms with E-state index in [1.54, 1.807) is 6.92 Å². The summed E-state index contributed by atoms with van der Waals surface area (Å²) in [6, 6.07) is -0.139. The van der Waals surface area contributed by atoms with Gasteiger partial charge in [-0.3, -0.25) is 9.59 Å². The second kappa shape index (κ2) is 2.90. The van der Waals surface area contributed by atoms with E-state index in [9.17, 15) is 9.59 Å². The maximum Gasteiger partial charge on any atom is 0.308 e. The number of nitrogens with one attached hydrogen (secondary N) is 1. The molecular formula is C7H11NO3. The van der Waals surface area contributed by atoms with Gasteiger partial charge in [-0.15, -0.1) is 0 Å². The van der Waals surface area contributed by atoms with E-state index in [1.165, 1.54) is 6.92 Å². The van der Waals surface area contributed by atoms with Crippen LogP contribution in [0.5, 0.6) is 0 Å². The van der Waals surface area contributed by atoms with Crippen molar-refractivity contribution < 1.29 is 14.3 Å². The Morgan fingerprint density at radius 2 is 2.36 bits per heavy atom. The predicted octanol–water partition coefficient (Wildman–Crippen LogP) is -0.174. The van der Waals surface area contributed by atoms with Crippen molar-refractivity contribution in [3.8, 4) is 0 Å². The maximum atomic E-state index is 10.7. The summed E-state index contributed by atoms with van der Waals surface area (Å²) in [6.07, 6.45) is 0.104. The monoisotopic (exact) mass is 157 g/mol. The third-order valence-electron chi connectivity index (χ3n) is 1.66. The van der Waals surface area contributed by atoms with Crippen molar-refractivity contribution in [3.63, 3.8) is 0 Å². The Hall–Kier alpha value is -1.06. The van der Waals surface area contributed by atoms with Crippen LogP contribution in [0.2, 0.25) is 0 Å². The molecule has 4 nitrogen and oxygen atoms in total. The van der Waals surface area contributed by atoms with Gasteiger partial charge in [-0.05, 0) is 6.92 Å². The molecular weight excluding hydrogens is 146 g/mol. The standard InChI is InChI=1S/C7H11NO3/c1-4-6(8-5(2)9)3-7(10)11-4/h4,6H,3H2,1-2H3,(H,8,9)/t4?,6-/m0/s1. The van der Waals surface area contributed by atoms with Crippen LogP contribution in [0, 0.1) is 0 Å². The molecule has 1 rings (SSSR count). The Morgan fingerprint density at radius 1 is 1.73 bits per heavy atom. The molecule has 4 heteroatoms. The van der Waals surface area contributed by atoms with Crippen molar-refractivity contribution in [2.75, 3.05) is 0 Å². The van der Waals surface area contributed by atoms with Crippen LogP contribution in [0.15, 0.2) is 0 Å². The van der Waals surface area contributed by atoms with E-state index in [0.717, 1.165) is 0 Å². The lowest BCUT2D eigenvalue weighted by Crippen LogP contribution is -2.37. The number of amides is 1. The quantitative estimate of drug-likeness (QED) is 0.537. The van der Waals surface area contributed by atoms with Crippen LogP contribution in [0.3, 0.4) is 0 Å². The Kier molecular flexibility index (Phi) is 2.12. The minimum Gasteiger partial charge on any atom is -0.460 e. The van der Waals surface area contributed by atoms with Gasteiger partial charge in [0.15, 0.2) is 0 Å². The summed E-state index contributed by atoms with van der Waals surface area (Å²) >= 11 is 0. The van der Waals surface area contributed by atoms with Gasteiger partial charge in [-0.1, -0.05) is 0 Å². The molecule has 62 valence electrons. The third-order valence-corrected chi connectivity index (χ3v) is 1.66. The zero-order valence-electron chi connectivity index (χ0n) is 6.59. The van der Waals surface area contributed by atoms with E-state index < -0.39 is 0 Å². The van der Waals surface area contributed by atoms with Crippen LogP contribution < -0.4 is 5.32 Å². The van der Waals surface area contributed by atoms with Gasteiger partial charge in [0, 0.05) is 6.92 Å². The maximum absolute atomic E-state index is 10.7. The highest BCUT2D eigenvalue weighted by molar-refractivity contribution is 5.77. The van der Waals surface area contributed by atoms with Gasteiger partial charge in [0.25, 0.3) is 0 Å². The SMILES string of the molecule is CC(=O)N[C@H]1CC(=O)OC1C. The Morgan fingerprint density at radius 3 is 2.73 bits per heavy atom. The van der Waals surface area contributed by atoms with Gasteiger partial charge in [0.05, 0.1) is 12.5 Å². The average molecular weight is 157 g/mol. The minimum absolute atomic E-state index is 0.125. The van der Waals surface area contributed by atoms with Gasteiger partial charge in [-0.25, -0.2) is 0 Å². The molecule has 0 aromatic carbocycles. The Bertz CT molecular complexity index is 190. The highest BCUT2D eigenvalue weighted by atomic mass is 16.6. The van der Waals surface area contributed by atoms with E-state index in [-0.39, 0.29) is 24.0 Å². The number of cyclic esters (lactones) is 1. The smallest absolute Gasteiger partial charge is 0.308 e. The number of carbonyl (C=O) groups is 2. The highest BCUT2D eigenvalue weighted by Gasteiger charge is 2.31. The summed E-state index contributed by atoms with van der Waals surface area (Å²) in [4.78, 5) is 21.2. The van der Waals surface area contributed by atoms with Crippen molar-refractivity contribution >= 4 is 11.9 Å². The molecule has 1 fully saturated rings. The number of hydrogen-bond donors (Lipinski definition) is 1. The summed E-state index contributed by atoms with van der Waals surface area (Å²) in [5.41, 5.74) is 0. The molecule has 1 N–H and O–H groups in total. The summed E-state index contributed by atoms with van der Waals surface area (Å²) in [6.45, 7) is 3.20. The summed E-state index contributed by atoms with van der Waals surface area (Å²) in [5, 5.41) is 2.64. The lowest BCUT2D eigenvalue weighted by Gasteiger charge is -2.12. The van der Waals surface area contributed by atoms with Crippen molar-refractivity contribution in [2.24, 2.45) is 0 Å². The van der Waals surface area contributed by atoms with Gasteiger partial charge in [-0.2, -0.15) is 0 Å². The van der Waals surface area contributed by atoms with Crippen LogP contribution in [-0.2, 0) is 14.3 Å². The third kappa shape index (κ3) is 1.93. The number of carbonyl (C=O) groups excluding carboxylic acids is 2. The summed E-state index contributed by atoms with van der Waals surface area (Å²) in [7, 11) is 0. The molecule has 1 aliphatic rings. The van der Waals surface area contributed by atoms with E-state index >= 15 is 0 Å². The molecule has 2 atom stereocenters. The second-order valence-electron chi connectivity index (χ2n) is 2.71. The zero-order chi connectivity index (χ0) is 8.43. The average Bonchev–Trinajstić information content (AvgIpc) is 2.09. The molecule has 0 saturated carbocycles. The molecule has 0 aliphatic carbocycles. The van der Waals surface area contributed by atoms with Gasteiger partial charge >= 0.3 is 5.97 Å². The van der Waals surface area contributed by atoms with Crippen LogP contribution >= 0.6 is 0 Å². The first kappa shape index (κ1) is 8.04. The molecule has 1 heterocycles. The normalized spacial score (nSPS) is 29.8. The van der Waals surface area contributed by atoms with Crippen molar-refractivity contribution in [2.45, 2.75) is 32.4 Å². The van der Waals surface area contributed by atoms with Crippen molar-refractivity contribution in [1.29, 1.82) is 0 Å². The fourth-order valence-electron chi connectivity index (χ4n) is 1.11. The fraction of sp³-hybridized carbons (Fsp3) is 0.714. The van der Waals surface area contributed by atoms with Crippen LogP contribution in [0.1, 0.15) is 20.3 Å². The first-order valence-corrected chi connectivity index (χ1v) is 3.56. The lowest BCUT2D eigenvalue weighted by molar-refractivity contribution is -0.141. The number of esters is 1. The summed E-state index contributed by atoms with van der Waals surface area (Å²) in [5.74, 6) is -0.364. The van der Waals surface area contributed by atoms with E-state index in [1.807, 2.05) is 0 Å². The summed E-state index contributed by atoms with van der Waals surface area (Å²) < 4.78 is 4.82. The molecule has 0 radical (unpaired) electrons. The first-order chi connectivity index (χ1) is 5.09. The first-order valence-electron chi connectivity index (χ1n) is 3.56. The molecule has 1 saturated heterocycles. The molecule has 0 spiro atoms. The molecule has 0 aromatic heterocycles. The highest BCUT2D eigenvalue weighted by Crippen LogP contribution is 2.13. The minimum atomic E-state index is -0.240. The topological polar surface area (TPSA) is 55.4 Å². The predicted molar refractivity (Wildman–Crippen MR) is 37.8 cm³/mol. The van der Waals surface area contributed by atoms with Crippen LogP contribution in [0.4, 0.5) is 0 Å². The second-order valence-corrected chi connectivity index (χ2v) is 2.71. The number of rotatable bonds is 1.